The van der Waals surface area contributed by atoms with Crippen molar-refractivity contribution in [1.82, 2.24) is 4.98 Å². The van der Waals surface area contributed by atoms with E-state index in [2.05, 4.69) is 10.3 Å². The number of aromatic nitrogens is 1. The molecule has 0 bridgehead atoms. The molecule has 20 heavy (non-hydrogen) atoms. The number of alkyl halides is 3. The molecule has 0 aliphatic rings. The molecule has 2 aromatic rings. The van der Waals surface area contributed by atoms with Crippen molar-refractivity contribution in [3.63, 3.8) is 0 Å². The Morgan fingerprint density at radius 1 is 1.05 bits per heavy atom. The standard InChI is InChI=1S/C14H12F4N2/c15-12-6-2-1-4-10(12)7-9-20-13-11(14(16,17)18)5-3-8-19-13/h1-6,8H,7,9H2,(H,19,20). The molecule has 0 radical (unpaired) electrons. The summed E-state index contributed by atoms with van der Waals surface area (Å²) >= 11 is 0. The van der Waals surface area contributed by atoms with Crippen LogP contribution in [0.2, 0.25) is 0 Å². The lowest BCUT2D eigenvalue weighted by molar-refractivity contribution is -0.137. The molecule has 6 heteroatoms. The zero-order chi connectivity index (χ0) is 14.6. The molecule has 1 aromatic heterocycles. The summed E-state index contributed by atoms with van der Waals surface area (Å²) in [7, 11) is 0. The molecule has 1 heterocycles. The third-order valence-corrected chi connectivity index (χ3v) is 2.76. The Bertz CT molecular complexity index is 581. The van der Waals surface area contributed by atoms with Gasteiger partial charge in [0.25, 0.3) is 0 Å². The van der Waals surface area contributed by atoms with Crippen LogP contribution in [-0.2, 0) is 12.6 Å². The van der Waals surface area contributed by atoms with E-state index >= 15 is 0 Å². The minimum absolute atomic E-state index is 0.168. The van der Waals surface area contributed by atoms with Crippen molar-refractivity contribution in [1.29, 1.82) is 0 Å². The molecule has 0 saturated carbocycles. The fourth-order valence-electron chi connectivity index (χ4n) is 1.79. The van der Waals surface area contributed by atoms with Crippen LogP contribution in [0, 0.1) is 5.82 Å². The van der Waals surface area contributed by atoms with Crippen molar-refractivity contribution in [2.24, 2.45) is 0 Å². The fourth-order valence-corrected chi connectivity index (χ4v) is 1.79. The number of nitrogens with one attached hydrogen (secondary N) is 1. The van der Waals surface area contributed by atoms with E-state index in [1.807, 2.05) is 0 Å². The molecule has 0 fully saturated rings. The first-order valence-corrected chi connectivity index (χ1v) is 5.98. The highest BCUT2D eigenvalue weighted by molar-refractivity contribution is 5.45. The molecule has 0 spiro atoms. The number of hydrogen-bond donors (Lipinski definition) is 1. The molecule has 0 aliphatic carbocycles. The third kappa shape index (κ3) is 3.46. The lowest BCUT2D eigenvalue weighted by atomic mass is 10.1. The van der Waals surface area contributed by atoms with E-state index in [0.717, 1.165) is 6.07 Å². The smallest absolute Gasteiger partial charge is 0.369 e. The van der Waals surface area contributed by atoms with E-state index in [1.165, 1.54) is 18.3 Å². The summed E-state index contributed by atoms with van der Waals surface area (Å²) in [6.07, 6.45) is -2.91. The van der Waals surface area contributed by atoms with Gasteiger partial charge in [-0.15, -0.1) is 0 Å². The summed E-state index contributed by atoms with van der Waals surface area (Å²) in [5.41, 5.74) is -0.377. The summed E-state index contributed by atoms with van der Waals surface area (Å²) in [5, 5.41) is 2.60. The van der Waals surface area contributed by atoms with E-state index < -0.39 is 11.7 Å². The molecular weight excluding hydrogens is 272 g/mol. The average Bonchev–Trinajstić information content (AvgIpc) is 2.40. The second kappa shape index (κ2) is 5.90. The first kappa shape index (κ1) is 14.3. The maximum atomic E-state index is 13.4. The van der Waals surface area contributed by atoms with Crippen LogP contribution in [-0.4, -0.2) is 11.5 Å². The Balaban J connectivity index is 2.04. The molecule has 0 amide bonds. The third-order valence-electron chi connectivity index (χ3n) is 2.76. The minimum atomic E-state index is -4.46. The lowest BCUT2D eigenvalue weighted by Crippen LogP contribution is -2.14. The monoisotopic (exact) mass is 284 g/mol. The van der Waals surface area contributed by atoms with Gasteiger partial charge in [0.05, 0.1) is 5.56 Å². The van der Waals surface area contributed by atoms with Gasteiger partial charge in [0.15, 0.2) is 0 Å². The molecule has 2 rings (SSSR count). The van der Waals surface area contributed by atoms with Gasteiger partial charge in [-0.3, -0.25) is 0 Å². The maximum absolute atomic E-state index is 13.4. The number of halogens is 4. The Labute approximate surface area is 113 Å². The molecule has 0 saturated heterocycles. The van der Waals surface area contributed by atoms with Gasteiger partial charge in [-0.25, -0.2) is 9.37 Å². The van der Waals surface area contributed by atoms with Gasteiger partial charge in [-0.05, 0) is 30.2 Å². The summed E-state index contributed by atoms with van der Waals surface area (Å²) < 4.78 is 51.5. The molecule has 106 valence electrons. The zero-order valence-electron chi connectivity index (χ0n) is 10.4. The second-order valence-corrected chi connectivity index (χ2v) is 4.17. The predicted octanol–water partition coefficient (Wildman–Crippen LogP) is 3.89. The van der Waals surface area contributed by atoms with Crippen molar-refractivity contribution in [3.05, 3.63) is 59.5 Å². The second-order valence-electron chi connectivity index (χ2n) is 4.17. The minimum Gasteiger partial charge on any atom is -0.369 e. The Kier molecular flexibility index (Phi) is 4.22. The highest BCUT2D eigenvalue weighted by Crippen LogP contribution is 2.33. The summed E-state index contributed by atoms with van der Waals surface area (Å²) in [6, 6.07) is 8.34. The van der Waals surface area contributed by atoms with E-state index in [1.54, 1.807) is 18.2 Å². The van der Waals surface area contributed by atoms with Gasteiger partial charge < -0.3 is 5.32 Å². The number of rotatable bonds is 4. The van der Waals surface area contributed by atoms with E-state index in [-0.39, 0.29) is 24.6 Å². The van der Waals surface area contributed by atoms with Crippen LogP contribution < -0.4 is 5.32 Å². The molecule has 1 N–H and O–H groups in total. The number of hydrogen-bond acceptors (Lipinski definition) is 2. The maximum Gasteiger partial charge on any atom is 0.419 e. The van der Waals surface area contributed by atoms with Crippen molar-refractivity contribution in [2.45, 2.75) is 12.6 Å². The number of benzene rings is 1. The van der Waals surface area contributed by atoms with Crippen LogP contribution in [0.15, 0.2) is 42.6 Å². The van der Waals surface area contributed by atoms with Gasteiger partial charge in [0, 0.05) is 12.7 Å². The van der Waals surface area contributed by atoms with E-state index in [4.69, 9.17) is 0 Å². The van der Waals surface area contributed by atoms with E-state index in [0.29, 0.717) is 5.56 Å². The molecule has 0 atom stereocenters. The SMILES string of the molecule is Fc1ccccc1CCNc1ncccc1C(F)(F)F. The lowest BCUT2D eigenvalue weighted by Gasteiger charge is -2.13. The Hall–Kier alpha value is -2.11. The van der Waals surface area contributed by atoms with Crippen LogP contribution in [0.5, 0.6) is 0 Å². The number of pyridine rings is 1. The Morgan fingerprint density at radius 3 is 2.50 bits per heavy atom. The van der Waals surface area contributed by atoms with E-state index in [9.17, 15) is 17.6 Å². The van der Waals surface area contributed by atoms with Crippen molar-refractivity contribution < 1.29 is 17.6 Å². The molecule has 1 aromatic carbocycles. The normalized spacial score (nSPS) is 11.4. The number of anilines is 1. The predicted molar refractivity (Wildman–Crippen MR) is 67.8 cm³/mol. The van der Waals surface area contributed by atoms with Crippen LogP contribution in [0.1, 0.15) is 11.1 Å². The quantitative estimate of drug-likeness (QED) is 0.861. The van der Waals surface area contributed by atoms with Gasteiger partial charge in [-0.2, -0.15) is 13.2 Å². The highest BCUT2D eigenvalue weighted by Gasteiger charge is 2.33. The average molecular weight is 284 g/mol. The Morgan fingerprint density at radius 2 is 1.80 bits per heavy atom. The van der Waals surface area contributed by atoms with Crippen LogP contribution in [0.25, 0.3) is 0 Å². The van der Waals surface area contributed by atoms with Crippen molar-refractivity contribution >= 4 is 5.82 Å². The number of nitrogens with zero attached hydrogens (tertiary/aromatic N) is 1. The first-order chi connectivity index (χ1) is 9.48. The zero-order valence-corrected chi connectivity index (χ0v) is 10.4. The van der Waals surface area contributed by atoms with Crippen LogP contribution in [0.4, 0.5) is 23.4 Å². The summed E-state index contributed by atoms with van der Waals surface area (Å²) in [5.74, 6) is -0.609. The van der Waals surface area contributed by atoms with Crippen molar-refractivity contribution in [2.75, 3.05) is 11.9 Å². The highest BCUT2D eigenvalue weighted by atomic mass is 19.4. The van der Waals surface area contributed by atoms with Crippen LogP contribution >= 0.6 is 0 Å². The molecule has 0 unspecified atom stereocenters. The van der Waals surface area contributed by atoms with Gasteiger partial charge in [0.2, 0.25) is 0 Å². The first-order valence-electron chi connectivity index (χ1n) is 5.98. The summed E-state index contributed by atoms with van der Waals surface area (Å²) in [6.45, 7) is 0.168. The molecule has 0 aliphatic heterocycles. The largest absolute Gasteiger partial charge is 0.419 e. The fraction of sp³-hybridized carbons (Fsp3) is 0.214. The van der Waals surface area contributed by atoms with Gasteiger partial charge >= 0.3 is 6.18 Å². The molecular formula is C14H12F4N2. The van der Waals surface area contributed by atoms with Crippen LogP contribution in [0.3, 0.4) is 0 Å². The molecule has 2 nitrogen and oxygen atoms in total. The van der Waals surface area contributed by atoms with Gasteiger partial charge in [-0.1, -0.05) is 18.2 Å². The van der Waals surface area contributed by atoms with Gasteiger partial charge in [0.1, 0.15) is 11.6 Å². The topological polar surface area (TPSA) is 24.9 Å². The summed E-state index contributed by atoms with van der Waals surface area (Å²) in [4.78, 5) is 3.67. The van der Waals surface area contributed by atoms with Crippen molar-refractivity contribution in [3.8, 4) is 0 Å².